The monoisotopic (exact) mass is 347 g/mol. The van der Waals surface area contributed by atoms with E-state index in [2.05, 4.69) is 25.6 Å². The fraction of sp³-hybridized carbons (Fsp3) is 0.105. The van der Waals surface area contributed by atoms with Gasteiger partial charge in [0.1, 0.15) is 5.69 Å². The number of hydrogen-bond donors (Lipinski definition) is 2. The molecule has 26 heavy (non-hydrogen) atoms. The van der Waals surface area contributed by atoms with Crippen LogP contribution in [0.15, 0.2) is 67.4 Å². The first-order valence-corrected chi connectivity index (χ1v) is 8.02. The lowest BCUT2D eigenvalue weighted by Crippen LogP contribution is -2.26. The summed E-state index contributed by atoms with van der Waals surface area (Å²) in [5.41, 5.74) is 2.38. The molecule has 3 aromatic rings. The number of rotatable bonds is 6. The molecule has 0 saturated carbocycles. The van der Waals surface area contributed by atoms with E-state index in [1.165, 1.54) is 12.3 Å². The fourth-order valence-electron chi connectivity index (χ4n) is 2.26. The Kier molecular flexibility index (Phi) is 5.61. The molecule has 0 atom stereocenters. The van der Waals surface area contributed by atoms with Gasteiger partial charge in [-0.05, 0) is 41.5 Å². The van der Waals surface area contributed by atoms with Crippen molar-refractivity contribution in [1.29, 1.82) is 0 Å². The number of nitrogens with zero attached hydrogens (tertiary/aromatic N) is 3. The summed E-state index contributed by atoms with van der Waals surface area (Å²) in [5.74, 6) is -0.622. The molecule has 0 aliphatic carbocycles. The van der Waals surface area contributed by atoms with E-state index in [1.807, 2.05) is 18.2 Å². The minimum atomic E-state index is -0.344. The van der Waals surface area contributed by atoms with Gasteiger partial charge in [0.05, 0.1) is 0 Å². The predicted molar refractivity (Wildman–Crippen MR) is 95.1 cm³/mol. The van der Waals surface area contributed by atoms with Crippen LogP contribution < -0.4 is 10.6 Å². The van der Waals surface area contributed by atoms with Gasteiger partial charge in [-0.3, -0.25) is 24.5 Å². The van der Waals surface area contributed by atoms with Crippen molar-refractivity contribution in [3.63, 3.8) is 0 Å². The number of aromatic nitrogens is 3. The van der Waals surface area contributed by atoms with Gasteiger partial charge in [0, 0.05) is 49.6 Å². The summed E-state index contributed by atoms with van der Waals surface area (Å²) in [6, 6.07) is 10.3. The molecule has 3 aromatic heterocycles. The zero-order valence-corrected chi connectivity index (χ0v) is 13.9. The molecule has 0 fully saturated rings. The second-order valence-electron chi connectivity index (χ2n) is 5.51. The van der Waals surface area contributed by atoms with Crippen LogP contribution in [0.3, 0.4) is 0 Å². The molecule has 0 aliphatic rings. The Morgan fingerprint density at radius 3 is 2.35 bits per heavy atom. The van der Waals surface area contributed by atoms with Gasteiger partial charge in [0.25, 0.3) is 11.8 Å². The van der Waals surface area contributed by atoms with Crippen LogP contribution in [0.25, 0.3) is 0 Å². The fourth-order valence-corrected chi connectivity index (χ4v) is 2.26. The molecule has 0 unspecified atom stereocenters. The lowest BCUT2D eigenvalue weighted by molar-refractivity contribution is 0.0946. The van der Waals surface area contributed by atoms with E-state index in [4.69, 9.17) is 0 Å². The lowest BCUT2D eigenvalue weighted by atomic mass is 10.2. The molecule has 0 radical (unpaired) electrons. The van der Waals surface area contributed by atoms with Crippen molar-refractivity contribution in [1.82, 2.24) is 25.6 Å². The van der Waals surface area contributed by atoms with E-state index in [9.17, 15) is 9.59 Å². The summed E-state index contributed by atoms with van der Waals surface area (Å²) in [4.78, 5) is 36.5. The Morgan fingerprint density at radius 2 is 1.58 bits per heavy atom. The Morgan fingerprint density at radius 1 is 0.808 bits per heavy atom. The van der Waals surface area contributed by atoms with Gasteiger partial charge in [-0.1, -0.05) is 6.07 Å². The Bertz CT molecular complexity index is 814. The molecule has 0 bridgehead atoms. The van der Waals surface area contributed by atoms with Gasteiger partial charge in [-0.15, -0.1) is 0 Å². The number of carbonyl (C=O) groups is 2. The molecule has 7 heteroatoms. The van der Waals surface area contributed by atoms with E-state index >= 15 is 0 Å². The van der Waals surface area contributed by atoms with Crippen molar-refractivity contribution in [2.24, 2.45) is 0 Å². The quantitative estimate of drug-likeness (QED) is 0.708. The van der Waals surface area contributed by atoms with Crippen LogP contribution in [0, 0.1) is 0 Å². The van der Waals surface area contributed by atoms with Crippen molar-refractivity contribution < 1.29 is 9.59 Å². The van der Waals surface area contributed by atoms with Gasteiger partial charge < -0.3 is 10.6 Å². The highest BCUT2D eigenvalue weighted by molar-refractivity contribution is 5.98. The average Bonchev–Trinajstić information content (AvgIpc) is 2.72. The summed E-state index contributed by atoms with van der Waals surface area (Å²) < 4.78 is 0. The average molecular weight is 347 g/mol. The largest absolute Gasteiger partial charge is 0.348 e. The van der Waals surface area contributed by atoms with Crippen LogP contribution in [-0.2, 0) is 13.1 Å². The number of nitrogens with one attached hydrogen (secondary N) is 2. The van der Waals surface area contributed by atoms with Crippen LogP contribution in [-0.4, -0.2) is 26.8 Å². The molecule has 130 valence electrons. The number of hydrogen-bond acceptors (Lipinski definition) is 5. The molecule has 0 aliphatic heterocycles. The molecular formula is C19H17N5O2. The van der Waals surface area contributed by atoms with Crippen LogP contribution in [0.4, 0.5) is 0 Å². The van der Waals surface area contributed by atoms with Gasteiger partial charge in [-0.25, -0.2) is 0 Å². The summed E-state index contributed by atoms with van der Waals surface area (Å²) >= 11 is 0. The third-order valence-corrected chi connectivity index (χ3v) is 3.63. The molecule has 0 spiro atoms. The van der Waals surface area contributed by atoms with Crippen molar-refractivity contribution in [2.75, 3.05) is 0 Å². The molecule has 2 N–H and O–H groups in total. The maximum Gasteiger partial charge on any atom is 0.270 e. The maximum absolute atomic E-state index is 12.3. The van der Waals surface area contributed by atoms with Crippen molar-refractivity contribution >= 4 is 11.8 Å². The van der Waals surface area contributed by atoms with Gasteiger partial charge >= 0.3 is 0 Å². The highest BCUT2D eigenvalue weighted by Crippen LogP contribution is 2.04. The smallest absolute Gasteiger partial charge is 0.270 e. The zero-order chi connectivity index (χ0) is 18.2. The van der Waals surface area contributed by atoms with Crippen molar-refractivity contribution in [3.8, 4) is 0 Å². The van der Waals surface area contributed by atoms with Crippen molar-refractivity contribution in [3.05, 3.63) is 89.8 Å². The summed E-state index contributed by atoms with van der Waals surface area (Å²) in [7, 11) is 0. The highest BCUT2D eigenvalue weighted by Gasteiger charge is 2.11. The zero-order valence-electron chi connectivity index (χ0n) is 13.9. The second-order valence-corrected chi connectivity index (χ2v) is 5.51. The van der Waals surface area contributed by atoms with E-state index in [0.29, 0.717) is 18.7 Å². The van der Waals surface area contributed by atoms with E-state index in [1.54, 1.807) is 36.9 Å². The Balaban J connectivity index is 1.60. The predicted octanol–water partition coefficient (Wildman–Crippen LogP) is 1.73. The van der Waals surface area contributed by atoms with Gasteiger partial charge in [-0.2, -0.15) is 0 Å². The molecule has 3 rings (SSSR count). The molecule has 7 nitrogen and oxygen atoms in total. The second kappa shape index (κ2) is 8.48. The maximum atomic E-state index is 12.3. The first-order chi connectivity index (χ1) is 12.7. The first-order valence-electron chi connectivity index (χ1n) is 8.02. The molecule has 2 amide bonds. The van der Waals surface area contributed by atoms with Crippen LogP contribution in [0.1, 0.15) is 32.0 Å². The third-order valence-electron chi connectivity index (χ3n) is 3.63. The van der Waals surface area contributed by atoms with E-state index in [0.717, 1.165) is 11.1 Å². The summed E-state index contributed by atoms with van der Waals surface area (Å²) in [5, 5.41) is 5.56. The topological polar surface area (TPSA) is 96.9 Å². The molecule has 0 saturated heterocycles. The number of amides is 2. The van der Waals surface area contributed by atoms with E-state index in [-0.39, 0.29) is 17.5 Å². The summed E-state index contributed by atoms with van der Waals surface area (Å²) in [6.45, 7) is 0.721. The minimum Gasteiger partial charge on any atom is -0.348 e. The first kappa shape index (κ1) is 17.2. The number of carbonyl (C=O) groups excluding carboxylic acids is 2. The Labute approximate surface area is 150 Å². The number of pyridine rings is 3. The minimum absolute atomic E-state index is 0.188. The standard InChI is InChI=1S/C19H17N5O2/c25-18(23-13-15-2-1-6-21-11-15)16-5-9-22-17(10-16)19(26)24-12-14-3-7-20-8-4-14/h1-11H,12-13H2,(H,23,25)(H,24,26). The third kappa shape index (κ3) is 4.70. The molecule has 3 heterocycles. The van der Waals surface area contributed by atoms with Crippen LogP contribution in [0.5, 0.6) is 0 Å². The Hall–Kier alpha value is -3.61. The molecular weight excluding hydrogens is 330 g/mol. The van der Waals surface area contributed by atoms with Crippen molar-refractivity contribution in [2.45, 2.75) is 13.1 Å². The van der Waals surface area contributed by atoms with E-state index < -0.39 is 0 Å². The normalized spacial score (nSPS) is 10.2. The SMILES string of the molecule is O=C(NCc1cccnc1)c1ccnc(C(=O)NCc2ccncc2)c1. The van der Waals surface area contributed by atoms with Crippen LogP contribution in [0.2, 0.25) is 0 Å². The highest BCUT2D eigenvalue weighted by atomic mass is 16.2. The van der Waals surface area contributed by atoms with Gasteiger partial charge in [0.15, 0.2) is 0 Å². The van der Waals surface area contributed by atoms with Gasteiger partial charge in [0.2, 0.25) is 0 Å². The molecule has 0 aromatic carbocycles. The lowest BCUT2D eigenvalue weighted by Gasteiger charge is -2.07. The van der Waals surface area contributed by atoms with Crippen LogP contribution >= 0.6 is 0 Å². The summed E-state index contributed by atoms with van der Waals surface area (Å²) in [6.07, 6.45) is 8.12.